The fourth-order valence-electron chi connectivity index (χ4n) is 1.47. The first-order valence-corrected chi connectivity index (χ1v) is 3.77. The molecule has 0 bridgehead atoms. The van der Waals surface area contributed by atoms with Gasteiger partial charge in [0.05, 0.1) is 12.0 Å². The van der Waals surface area contributed by atoms with E-state index in [2.05, 4.69) is 0 Å². The molecule has 0 aromatic carbocycles. The lowest BCUT2D eigenvalue weighted by Crippen LogP contribution is -2.40. The van der Waals surface area contributed by atoms with Gasteiger partial charge in [-0.1, -0.05) is 0 Å². The van der Waals surface area contributed by atoms with E-state index in [0.717, 1.165) is 0 Å². The van der Waals surface area contributed by atoms with Crippen LogP contribution < -0.4 is 5.73 Å². The van der Waals surface area contributed by atoms with Gasteiger partial charge in [0.1, 0.15) is 0 Å². The summed E-state index contributed by atoms with van der Waals surface area (Å²) in [7, 11) is 0. The molecule has 0 aliphatic heterocycles. The lowest BCUT2D eigenvalue weighted by molar-refractivity contribution is -0.147. The maximum Gasteiger partial charge on any atom is 0.309 e. The van der Waals surface area contributed by atoms with E-state index >= 15 is 0 Å². The van der Waals surface area contributed by atoms with Crippen molar-refractivity contribution in [3.05, 3.63) is 0 Å². The zero-order chi connectivity index (χ0) is 8.43. The van der Waals surface area contributed by atoms with Gasteiger partial charge in [0.25, 0.3) is 0 Å². The minimum absolute atomic E-state index is 0.0272. The zero-order valence-corrected chi connectivity index (χ0v) is 6.23. The van der Waals surface area contributed by atoms with Gasteiger partial charge in [-0.2, -0.15) is 0 Å². The smallest absolute Gasteiger partial charge is 0.309 e. The van der Waals surface area contributed by atoms with Crippen molar-refractivity contribution in [3.63, 3.8) is 0 Å². The van der Waals surface area contributed by atoms with Crippen LogP contribution in [0, 0.1) is 5.92 Å². The number of rotatable bonds is 1. The van der Waals surface area contributed by atoms with E-state index in [1.807, 2.05) is 0 Å². The van der Waals surface area contributed by atoms with Crippen molar-refractivity contribution in [2.24, 2.45) is 11.7 Å². The van der Waals surface area contributed by atoms with Crippen LogP contribution in [-0.4, -0.2) is 28.3 Å². The fourth-order valence-corrected chi connectivity index (χ4v) is 1.47. The van der Waals surface area contributed by atoms with Crippen molar-refractivity contribution in [1.29, 1.82) is 0 Å². The van der Waals surface area contributed by atoms with Gasteiger partial charge in [-0.25, -0.2) is 0 Å². The Balaban J connectivity index is 2.50. The third-order valence-corrected chi connectivity index (χ3v) is 2.17. The molecule has 1 saturated carbocycles. The lowest BCUT2D eigenvalue weighted by atomic mass is 9.84. The molecule has 11 heavy (non-hydrogen) atoms. The second-order valence-electron chi connectivity index (χ2n) is 3.09. The minimum Gasteiger partial charge on any atom is -0.481 e. The van der Waals surface area contributed by atoms with E-state index in [1.54, 1.807) is 0 Å². The average Bonchev–Trinajstić information content (AvgIpc) is 1.85. The Labute approximate surface area is 65.0 Å². The Hall–Kier alpha value is -0.610. The van der Waals surface area contributed by atoms with Crippen molar-refractivity contribution >= 4 is 5.97 Å². The first kappa shape index (κ1) is 8.49. The molecule has 1 fully saturated rings. The van der Waals surface area contributed by atoms with E-state index in [0.29, 0.717) is 19.3 Å². The highest BCUT2D eigenvalue weighted by Crippen LogP contribution is 2.23. The lowest BCUT2D eigenvalue weighted by Gasteiger charge is -2.28. The topological polar surface area (TPSA) is 83.6 Å². The molecule has 0 aromatic heterocycles. The Bertz CT molecular complexity index is 160. The molecule has 4 heteroatoms. The maximum absolute atomic E-state index is 10.5. The monoisotopic (exact) mass is 159 g/mol. The third-order valence-electron chi connectivity index (χ3n) is 2.17. The number of aliphatic hydroxyl groups is 1. The minimum atomic E-state index is -0.913. The number of aliphatic carboxylic acids is 1. The summed E-state index contributed by atoms with van der Waals surface area (Å²) in [4.78, 5) is 10.5. The summed E-state index contributed by atoms with van der Waals surface area (Å²) < 4.78 is 0. The molecule has 0 amide bonds. The number of carboxylic acid groups (broad SMARTS) is 1. The van der Waals surface area contributed by atoms with E-state index in [4.69, 9.17) is 10.8 Å². The number of hydrogen-bond acceptors (Lipinski definition) is 3. The molecular weight excluding hydrogens is 146 g/mol. The van der Waals surface area contributed by atoms with Crippen molar-refractivity contribution < 1.29 is 15.0 Å². The van der Waals surface area contributed by atoms with Crippen LogP contribution in [0.3, 0.4) is 0 Å². The highest BCUT2D eigenvalue weighted by Gasteiger charge is 2.32. The molecule has 4 nitrogen and oxygen atoms in total. The molecule has 1 aliphatic rings. The second kappa shape index (κ2) is 3.19. The molecular formula is C7H13NO3. The van der Waals surface area contributed by atoms with Crippen LogP contribution in [0.15, 0.2) is 0 Å². The predicted molar refractivity (Wildman–Crippen MR) is 39.0 cm³/mol. The summed E-state index contributed by atoms with van der Waals surface area (Å²) in [6.07, 6.45) is 0.860. The molecule has 0 heterocycles. The molecule has 1 rings (SSSR count). The van der Waals surface area contributed by atoms with Gasteiger partial charge in [0.15, 0.2) is 0 Å². The van der Waals surface area contributed by atoms with Crippen LogP contribution in [0.2, 0.25) is 0 Å². The highest BCUT2D eigenvalue weighted by atomic mass is 16.4. The SMILES string of the molecule is NC1CCC(C(=O)O)C(O)C1. The summed E-state index contributed by atoms with van der Waals surface area (Å²) in [5.74, 6) is -1.51. The summed E-state index contributed by atoms with van der Waals surface area (Å²) >= 11 is 0. The van der Waals surface area contributed by atoms with Gasteiger partial charge >= 0.3 is 5.97 Å². The molecule has 64 valence electrons. The summed E-state index contributed by atoms with van der Waals surface area (Å²) in [6.45, 7) is 0. The first-order valence-electron chi connectivity index (χ1n) is 3.77. The average molecular weight is 159 g/mol. The number of hydrogen-bond donors (Lipinski definition) is 3. The predicted octanol–water partition coefficient (Wildman–Crippen LogP) is -0.441. The molecule has 0 aromatic rings. The molecule has 0 spiro atoms. The van der Waals surface area contributed by atoms with E-state index < -0.39 is 18.0 Å². The van der Waals surface area contributed by atoms with Crippen LogP contribution in [0.4, 0.5) is 0 Å². The standard InChI is InChI=1S/C7H13NO3/c8-4-1-2-5(7(10)11)6(9)3-4/h4-6,9H,1-3,8H2,(H,10,11). The number of nitrogens with two attached hydrogens (primary N) is 1. The van der Waals surface area contributed by atoms with Gasteiger partial charge in [-0.3, -0.25) is 4.79 Å². The number of carbonyl (C=O) groups is 1. The third kappa shape index (κ3) is 1.91. The molecule has 0 radical (unpaired) electrons. The first-order chi connectivity index (χ1) is 5.11. The number of carboxylic acids is 1. The van der Waals surface area contributed by atoms with Crippen LogP contribution in [0.1, 0.15) is 19.3 Å². The van der Waals surface area contributed by atoms with Gasteiger partial charge in [-0.15, -0.1) is 0 Å². The van der Waals surface area contributed by atoms with Crippen molar-refractivity contribution in [2.75, 3.05) is 0 Å². The van der Waals surface area contributed by atoms with Crippen molar-refractivity contribution in [2.45, 2.75) is 31.4 Å². The zero-order valence-electron chi connectivity index (χ0n) is 6.23. The van der Waals surface area contributed by atoms with Crippen LogP contribution in [0.25, 0.3) is 0 Å². The molecule has 0 saturated heterocycles. The highest BCUT2D eigenvalue weighted by molar-refractivity contribution is 5.70. The molecule has 1 aliphatic carbocycles. The van der Waals surface area contributed by atoms with Crippen LogP contribution >= 0.6 is 0 Å². The Morgan fingerprint density at radius 1 is 1.45 bits per heavy atom. The molecule has 3 unspecified atom stereocenters. The Morgan fingerprint density at radius 3 is 2.55 bits per heavy atom. The quantitative estimate of drug-likeness (QED) is 0.484. The summed E-state index contributed by atoms with van der Waals surface area (Å²) in [6, 6.07) is -0.0272. The van der Waals surface area contributed by atoms with E-state index in [1.165, 1.54) is 0 Å². The van der Waals surface area contributed by atoms with Crippen molar-refractivity contribution in [1.82, 2.24) is 0 Å². The summed E-state index contributed by atoms with van der Waals surface area (Å²) in [5, 5.41) is 17.8. The van der Waals surface area contributed by atoms with E-state index in [9.17, 15) is 9.90 Å². The van der Waals surface area contributed by atoms with Crippen LogP contribution in [-0.2, 0) is 4.79 Å². The molecule has 3 atom stereocenters. The van der Waals surface area contributed by atoms with Gasteiger partial charge in [0, 0.05) is 6.04 Å². The van der Waals surface area contributed by atoms with Gasteiger partial charge in [-0.05, 0) is 19.3 Å². The Morgan fingerprint density at radius 2 is 2.09 bits per heavy atom. The van der Waals surface area contributed by atoms with Gasteiger partial charge < -0.3 is 15.9 Å². The number of aliphatic hydroxyl groups excluding tert-OH is 1. The van der Waals surface area contributed by atoms with Crippen molar-refractivity contribution in [3.8, 4) is 0 Å². The molecule has 4 N–H and O–H groups in total. The van der Waals surface area contributed by atoms with Gasteiger partial charge in [0.2, 0.25) is 0 Å². The van der Waals surface area contributed by atoms with Crippen LogP contribution in [0.5, 0.6) is 0 Å². The normalized spacial score (nSPS) is 38.5. The Kier molecular flexibility index (Phi) is 2.46. The second-order valence-corrected chi connectivity index (χ2v) is 3.09. The maximum atomic E-state index is 10.5. The largest absolute Gasteiger partial charge is 0.481 e. The van der Waals surface area contributed by atoms with E-state index in [-0.39, 0.29) is 6.04 Å². The fraction of sp³-hybridized carbons (Fsp3) is 0.857. The summed E-state index contributed by atoms with van der Waals surface area (Å²) in [5.41, 5.74) is 5.53.